The molecule has 5 rings (SSSR count). The van der Waals surface area contributed by atoms with Gasteiger partial charge in [-0.1, -0.05) is 85.5 Å². The monoisotopic (exact) mass is 1240 g/mol. The molecule has 1 spiro atoms. The van der Waals surface area contributed by atoms with Gasteiger partial charge in [-0.05, 0) is 94.9 Å². The molecule has 23 heteroatoms. The number of Topliss-reactive ketones (excluding diaryl/α,β-unsaturated/α-hetero) is 2. The first-order chi connectivity index (χ1) is 39.9. The van der Waals surface area contributed by atoms with Gasteiger partial charge in [0.15, 0.2) is 5.78 Å². The van der Waals surface area contributed by atoms with Crippen LogP contribution in [0, 0.1) is 17.8 Å². The molecule has 4 fully saturated rings. The molecular weight excluding hydrogens is 1150 g/mol. The Labute approximate surface area is 502 Å². The highest BCUT2D eigenvalue weighted by atomic mass is 79.9. The number of nitrogens with zero attached hydrogens (tertiary/aromatic N) is 2. The van der Waals surface area contributed by atoms with Crippen LogP contribution in [-0.2, 0) is 63.9 Å². The summed E-state index contributed by atoms with van der Waals surface area (Å²) in [6.07, 6.45) is 11.2. The smallest absolute Gasteiger partial charge is 0.410 e. The fraction of sp³-hybridized carbons (Fsp3) is 0.656. The normalized spacial score (nSPS) is 24.5. The van der Waals surface area contributed by atoms with Crippen LogP contribution < -0.4 is 27.0 Å². The Balaban J connectivity index is 1.04. The average Bonchev–Trinajstić information content (AvgIpc) is 2.67. The van der Waals surface area contributed by atoms with E-state index in [-0.39, 0.29) is 111 Å². The second-order valence-corrected chi connectivity index (χ2v) is 23.7. The van der Waals surface area contributed by atoms with Gasteiger partial charge in [-0.3, -0.25) is 33.6 Å². The third kappa shape index (κ3) is 23.1. The van der Waals surface area contributed by atoms with E-state index in [0.29, 0.717) is 68.4 Å². The van der Waals surface area contributed by atoms with Gasteiger partial charge < -0.3 is 65.6 Å². The van der Waals surface area contributed by atoms with Crippen LogP contribution in [0.2, 0.25) is 0 Å². The minimum absolute atomic E-state index is 0.0476. The number of ether oxygens (including phenoxy) is 5. The maximum absolute atomic E-state index is 13.7. The number of piperazine rings is 1. The van der Waals surface area contributed by atoms with Crippen LogP contribution in [0.3, 0.4) is 0 Å². The summed E-state index contributed by atoms with van der Waals surface area (Å²) in [5.74, 6) is -2.52. The Hall–Kier alpha value is -6.01. The molecule has 0 bridgehead atoms. The van der Waals surface area contributed by atoms with Gasteiger partial charge in [-0.25, -0.2) is 9.59 Å². The summed E-state index contributed by atoms with van der Waals surface area (Å²) in [6, 6.07) is 5.05. The van der Waals surface area contributed by atoms with Crippen molar-refractivity contribution < 1.29 is 71.9 Å². The number of unbranched alkanes of at least 4 members (excludes halogenated alkanes) is 3. The molecule has 0 unspecified atom stereocenters. The number of aliphatic hydroxyl groups excluding tert-OH is 1. The van der Waals surface area contributed by atoms with Crippen molar-refractivity contribution in [3.8, 4) is 0 Å². The lowest BCUT2D eigenvalue weighted by Crippen LogP contribution is -2.53. The number of aliphatic hydroxyl groups is 1. The van der Waals surface area contributed by atoms with Crippen molar-refractivity contribution >= 4 is 74.9 Å². The molecule has 84 heavy (non-hydrogen) atoms. The van der Waals surface area contributed by atoms with E-state index in [1.807, 2.05) is 39.8 Å². The molecule has 7 N–H and O–H groups in total. The largest absolute Gasteiger partial charge is 0.459 e. The third-order valence-electron chi connectivity index (χ3n) is 15.7. The lowest BCUT2D eigenvalue weighted by molar-refractivity contribution is -0.152. The minimum Gasteiger partial charge on any atom is -0.459 e. The molecule has 11 atom stereocenters. The van der Waals surface area contributed by atoms with Crippen molar-refractivity contribution in [3.05, 3.63) is 65.8 Å². The van der Waals surface area contributed by atoms with Gasteiger partial charge in [0.2, 0.25) is 23.6 Å². The first kappa shape index (κ1) is 68.8. The Morgan fingerprint density at radius 1 is 0.905 bits per heavy atom. The molecule has 466 valence electrons. The van der Waals surface area contributed by atoms with Crippen molar-refractivity contribution in [3.63, 3.8) is 0 Å². The number of carbonyl (C=O) groups excluding carboxylic acids is 9. The summed E-state index contributed by atoms with van der Waals surface area (Å²) in [4.78, 5) is 117. The minimum atomic E-state index is -0.916. The maximum Gasteiger partial charge on any atom is 0.410 e. The number of carbonyl (C=O) groups is 9. The van der Waals surface area contributed by atoms with Gasteiger partial charge in [-0.15, -0.1) is 0 Å². The second-order valence-electron chi connectivity index (χ2n) is 23.1. The van der Waals surface area contributed by atoms with E-state index in [1.54, 1.807) is 41.0 Å². The molecule has 0 radical (unpaired) electrons. The van der Waals surface area contributed by atoms with Gasteiger partial charge in [0.25, 0.3) is 0 Å². The molecule has 1 aromatic rings. The zero-order valence-electron chi connectivity index (χ0n) is 49.9. The van der Waals surface area contributed by atoms with Crippen molar-refractivity contribution in [2.75, 3.05) is 50.0 Å². The van der Waals surface area contributed by atoms with Crippen molar-refractivity contribution in [1.82, 2.24) is 25.8 Å². The van der Waals surface area contributed by atoms with Crippen LogP contribution in [0.4, 0.5) is 15.3 Å². The number of primary amides is 1. The Kier molecular flexibility index (Phi) is 28.0. The standard InChI is InChI=1S/C61H90BrN7O15/c1-38(2)56(67-53(73)15-11-9-8-10-14-47(71)35-62)50(72)32-45(13-12-26-64-59(63)78)58(77)65-46-21-19-44(20-22-46)36-80-60(79)69-29-27-68(28-30-69)55(75)33-48-34-61(37-81-61)57(76)52(84-48)24-17-39(3)16-23-51-40(4)31-49(42(6)83-51)66-54(74)25-18-41(5)82-43(7)70/h16-22,24-25,38,40-42,45,48-49,51-52,56-57,76H,8-15,23,26-37H2,1-7H3,(H,65,77)(H,66,74)(H,67,73)(H3,63,64,78)/b24-17+,25-18-,39-16+/t40-,41-,42+,45+,48+,49+,51-,52+,56-,57+,61+/m0/s1. The van der Waals surface area contributed by atoms with Crippen molar-refractivity contribution in [2.24, 2.45) is 23.5 Å². The molecule has 4 heterocycles. The van der Waals surface area contributed by atoms with Crippen LogP contribution in [0.25, 0.3) is 0 Å². The number of alkyl halides is 1. The highest BCUT2D eigenvalue weighted by molar-refractivity contribution is 9.09. The molecule has 4 saturated heterocycles. The first-order valence-corrected chi connectivity index (χ1v) is 30.7. The predicted octanol–water partition coefficient (Wildman–Crippen LogP) is 6.25. The number of amides is 7. The number of allylic oxidation sites excluding steroid dienone is 2. The summed E-state index contributed by atoms with van der Waals surface area (Å²) in [6.45, 7) is 14.3. The fourth-order valence-electron chi connectivity index (χ4n) is 10.7. The molecule has 4 aliphatic heterocycles. The van der Waals surface area contributed by atoms with Gasteiger partial charge in [-0.2, -0.15) is 0 Å². The number of halogens is 1. The molecule has 4 aliphatic rings. The Morgan fingerprint density at radius 2 is 1.58 bits per heavy atom. The topological polar surface area (TPSA) is 304 Å². The number of hydrogen-bond donors (Lipinski definition) is 6. The van der Waals surface area contributed by atoms with Crippen LogP contribution in [-0.4, -0.2) is 167 Å². The van der Waals surface area contributed by atoms with Crippen LogP contribution in [0.15, 0.2) is 60.2 Å². The van der Waals surface area contributed by atoms with Crippen molar-refractivity contribution in [1.29, 1.82) is 0 Å². The van der Waals surface area contributed by atoms with Gasteiger partial charge in [0, 0.05) is 83.0 Å². The van der Waals surface area contributed by atoms with E-state index in [4.69, 9.17) is 29.4 Å². The zero-order valence-corrected chi connectivity index (χ0v) is 51.5. The highest BCUT2D eigenvalue weighted by Crippen LogP contribution is 2.43. The average molecular weight is 1240 g/mol. The Morgan fingerprint density at radius 3 is 2.23 bits per heavy atom. The van der Waals surface area contributed by atoms with Crippen LogP contribution in [0.1, 0.15) is 138 Å². The fourth-order valence-corrected chi connectivity index (χ4v) is 10.9. The number of nitrogens with two attached hydrogens (primary N) is 1. The third-order valence-corrected chi connectivity index (χ3v) is 16.4. The summed E-state index contributed by atoms with van der Waals surface area (Å²) in [5, 5.41) is 22.9. The summed E-state index contributed by atoms with van der Waals surface area (Å²) in [7, 11) is 0. The van der Waals surface area contributed by atoms with E-state index < -0.39 is 66.0 Å². The van der Waals surface area contributed by atoms with Crippen LogP contribution in [0.5, 0.6) is 0 Å². The summed E-state index contributed by atoms with van der Waals surface area (Å²) >= 11 is 3.16. The molecule has 1 aromatic carbocycles. The summed E-state index contributed by atoms with van der Waals surface area (Å²) < 4.78 is 29.1. The zero-order chi connectivity index (χ0) is 61.5. The number of benzene rings is 1. The Bertz CT molecular complexity index is 2490. The molecule has 0 saturated carbocycles. The predicted molar refractivity (Wildman–Crippen MR) is 317 cm³/mol. The van der Waals surface area contributed by atoms with Gasteiger partial charge >= 0.3 is 18.1 Å². The second kappa shape index (κ2) is 34.2. The number of nitrogens with one attached hydrogen (secondary N) is 4. The molecule has 0 aromatic heterocycles. The molecule has 0 aliphatic carbocycles. The molecule has 7 amide bonds. The van der Waals surface area contributed by atoms with Crippen LogP contribution >= 0.6 is 15.9 Å². The lowest BCUT2D eigenvalue weighted by atomic mass is 9.87. The number of hydrogen-bond acceptors (Lipinski definition) is 15. The summed E-state index contributed by atoms with van der Waals surface area (Å²) in [5.41, 5.74) is 6.50. The first-order valence-electron chi connectivity index (χ1n) is 29.6. The maximum atomic E-state index is 13.7. The highest BCUT2D eigenvalue weighted by Gasteiger charge is 2.58. The number of esters is 1. The van der Waals surface area contributed by atoms with Gasteiger partial charge in [0.05, 0.1) is 48.8 Å². The SMILES string of the molecule is CC(=O)O[C@@H](C)/C=C\C(=O)N[C@@H]1C[C@H](C)[C@H](C/C=C(C)/C=C/[C@H]2O[C@H](CC(=O)N3CCN(C(=O)OCc4ccc(NC(=O)[C@H](CCCNC(N)=O)CC(=O)[C@@H](NC(=O)CCCCCCC(=O)CBr)C(C)C)cc4)CC3)C[C@@]3(CO3)[C@@H]2O)O[C@@H]1C. The number of epoxide rings is 1. The van der Waals surface area contributed by atoms with E-state index >= 15 is 0 Å². The van der Waals surface area contributed by atoms with Crippen molar-refractivity contribution in [2.45, 2.75) is 193 Å². The number of urea groups is 1. The quantitative estimate of drug-likeness (QED) is 0.0120. The lowest BCUT2D eigenvalue weighted by Gasteiger charge is -2.39. The number of ketones is 2. The number of rotatable bonds is 31. The van der Waals surface area contributed by atoms with E-state index in [9.17, 15) is 48.3 Å². The molecular formula is C61H90BrN7O15. The number of anilines is 1. The van der Waals surface area contributed by atoms with E-state index in [1.165, 1.54) is 19.1 Å². The van der Waals surface area contributed by atoms with Gasteiger partial charge in [0.1, 0.15) is 36.3 Å². The molecule has 22 nitrogen and oxygen atoms in total. The van der Waals surface area contributed by atoms with E-state index in [0.717, 1.165) is 31.3 Å². The van der Waals surface area contributed by atoms with E-state index in [2.05, 4.69) is 50.2 Å².